The van der Waals surface area contributed by atoms with Gasteiger partial charge in [0.15, 0.2) is 0 Å². The second kappa shape index (κ2) is 15.1. The smallest absolute Gasteiger partial charge is 0.550 e. The molecule has 37 heavy (non-hydrogen) atoms. The summed E-state index contributed by atoms with van der Waals surface area (Å²) in [6.45, 7) is 5.49. The quantitative estimate of drug-likeness (QED) is 0.335. The van der Waals surface area contributed by atoms with Gasteiger partial charge in [-0.05, 0) is 78.4 Å². The van der Waals surface area contributed by atoms with Crippen LogP contribution in [-0.2, 0) is 16.1 Å². The van der Waals surface area contributed by atoms with Gasteiger partial charge in [-0.15, -0.1) is 0 Å². The topological polar surface area (TPSA) is 101 Å². The number of ether oxygens (including phenoxy) is 3. The van der Waals surface area contributed by atoms with E-state index in [0.717, 1.165) is 27.8 Å². The molecule has 0 saturated carbocycles. The van der Waals surface area contributed by atoms with E-state index in [1.807, 2.05) is 50.2 Å². The molecule has 0 spiro atoms. The van der Waals surface area contributed by atoms with Crippen LogP contribution in [-0.4, -0.2) is 42.1 Å². The summed E-state index contributed by atoms with van der Waals surface area (Å²) in [4.78, 5) is 15.3. The van der Waals surface area contributed by atoms with Crippen molar-refractivity contribution >= 4 is 5.97 Å². The average Bonchev–Trinajstić information content (AvgIpc) is 2.86. The maximum Gasteiger partial charge on any atom is 1.00 e. The molecule has 0 amide bonds. The Kier molecular flexibility index (Phi) is 12.5. The Labute approximate surface area is 238 Å². The Morgan fingerprint density at radius 1 is 1.11 bits per heavy atom. The van der Waals surface area contributed by atoms with Crippen LogP contribution < -0.4 is 44.1 Å². The molecular formula is C28H31FNNaO6. The monoisotopic (exact) mass is 519 g/mol. The van der Waals surface area contributed by atoms with E-state index in [1.54, 1.807) is 25.3 Å². The summed E-state index contributed by atoms with van der Waals surface area (Å²) in [6, 6.07) is 15.2. The zero-order valence-electron chi connectivity index (χ0n) is 21.7. The van der Waals surface area contributed by atoms with Gasteiger partial charge in [0.1, 0.15) is 31.7 Å². The van der Waals surface area contributed by atoms with Crippen LogP contribution in [0.2, 0.25) is 0 Å². The molecule has 2 atom stereocenters. The number of halogens is 1. The third-order valence-corrected chi connectivity index (χ3v) is 5.58. The predicted molar refractivity (Wildman–Crippen MR) is 131 cm³/mol. The predicted octanol–water partition coefficient (Wildman–Crippen LogP) is 0.875. The number of pyridine rings is 1. The number of nitrogens with zero attached hydrogens (tertiary/aromatic N) is 1. The summed E-state index contributed by atoms with van der Waals surface area (Å²) in [7, 11) is 0. The van der Waals surface area contributed by atoms with Gasteiger partial charge in [-0.3, -0.25) is 0 Å². The minimum Gasteiger partial charge on any atom is -0.550 e. The molecule has 0 aliphatic carbocycles. The van der Waals surface area contributed by atoms with Crippen molar-refractivity contribution in [2.24, 2.45) is 0 Å². The van der Waals surface area contributed by atoms with E-state index in [9.17, 15) is 19.4 Å². The van der Waals surface area contributed by atoms with Gasteiger partial charge in [0.05, 0.1) is 6.10 Å². The van der Waals surface area contributed by atoms with Crippen LogP contribution in [0.15, 0.2) is 54.7 Å². The number of aryl methyl sites for hydroxylation is 2. The molecule has 0 aliphatic rings. The molecule has 0 aliphatic heterocycles. The van der Waals surface area contributed by atoms with Gasteiger partial charge in [0.25, 0.3) is 0 Å². The Morgan fingerprint density at radius 3 is 2.43 bits per heavy atom. The van der Waals surface area contributed by atoms with E-state index in [0.29, 0.717) is 30.4 Å². The van der Waals surface area contributed by atoms with Crippen molar-refractivity contribution in [1.82, 2.24) is 4.98 Å². The van der Waals surface area contributed by atoms with Crippen molar-refractivity contribution in [1.29, 1.82) is 0 Å². The van der Waals surface area contributed by atoms with Gasteiger partial charge in [-0.1, -0.05) is 18.2 Å². The molecule has 192 valence electrons. The largest absolute Gasteiger partial charge is 1.00 e. The van der Waals surface area contributed by atoms with E-state index in [-0.39, 0.29) is 42.6 Å². The first-order valence-electron chi connectivity index (χ1n) is 11.8. The summed E-state index contributed by atoms with van der Waals surface area (Å²) in [6.07, 6.45) is -0.442. The Hall–Kier alpha value is -2.49. The Bertz CT molecular complexity index is 1130. The maximum absolute atomic E-state index is 12.5. The van der Waals surface area contributed by atoms with Gasteiger partial charge in [-0.2, -0.15) is 0 Å². The standard InChI is InChI=1S/C28H32FNO6.Na/c1-4-34-25(13-27(32)33)22-8-9-26(30-15-22)36-16-20-6-5-7-21(12-20)28-18(2)10-24(11-19(28)3)35-17-23(31)14-29;/h5-12,15,23,25,31H,4,13-14,16-17H2,1-3H3,(H,32,33);/q;+1/p-1/t23-,25+;/m1./s1. The average molecular weight is 520 g/mol. The third kappa shape index (κ3) is 9.09. The number of hydrogen-bond donors (Lipinski definition) is 1. The minimum atomic E-state index is -1.18. The molecule has 0 saturated heterocycles. The molecule has 0 bridgehead atoms. The number of carboxylic acids is 1. The molecule has 7 nitrogen and oxygen atoms in total. The van der Waals surface area contributed by atoms with Crippen LogP contribution in [0.4, 0.5) is 4.39 Å². The number of benzene rings is 2. The summed E-state index contributed by atoms with van der Waals surface area (Å²) >= 11 is 0. The molecule has 0 unspecified atom stereocenters. The number of aromatic nitrogens is 1. The third-order valence-electron chi connectivity index (χ3n) is 5.58. The second-order valence-corrected chi connectivity index (χ2v) is 8.49. The van der Waals surface area contributed by atoms with Gasteiger partial charge in [-0.25, -0.2) is 9.37 Å². The van der Waals surface area contributed by atoms with Crippen LogP contribution in [0.25, 0.3) is 11.1 Å². The molecule has 1 N–H and O–H groups in total. The molecule has 1 aromatic heterocycles. The van der Waals surface area contributed by atoms with Gasteiger partial charge in [0.2, 0.25) is 5.88 Å². The summed E-state index contributed by atoms with van der Waals surface area (Å²) < 4.78 is 29.3. The van der Waals surface area contributed by atoms with Crippen LogP contribution in [0.3, 0.4) is 0 Å². The van der Waals surface area contributed by atoms with Gasteiger partial charge >= 0.3 is 29.6 Å². The van der Waals surface area contributed by atoms with Gasteiger partial charge < -0.3 is 29.2 Å². The van der Waals surface area contributed by atoms with Crippen LogP contribution in [0, 0.1) is 13.8 Å². The molecule has 3 aromatic rings. The fourth-order valence-electron chi connectivity index (χ4n) is 3.97. The summed E-state index contributed by atoms with van der Waals surface area (Å²) in [5.74, 6) is -0.185. The van der Waals surface area contributed by atoms with Crippen LogP contribution >= 0.6 is 0 Å². The second-order valence-electron chi connectivity index (χ2n) is 8.49. The molecule has 1 heterocycles. The van der Waals surface area contributed by atoms with E-state index in [1.165, 1.54) is 0 Å². The molecule has 3 rings (SSSR count). The normalized spacial score (nSPS) is 12.4. The Balaban J connectivity index is 0.00000481. The number of hydrogen-bond acceptors (Lipinski definition) is 7. The summed E-state index contributed by atoms with van der Waals surface area (Å²) in [5.41, 5.74) is 5.67. The van der Waals surface area contributed by atoms with E-state index >= 15 is 0 Å². The van der Waals surface area contributed by atoms with E-state index in [2.05, 4.69) is 4.98 Å². The van der Waals surface area contributed by atoms with Crippen molar-refractivity contribution in [3.63, 3.8) is 0 Å². The van der Waals surface area contributed by atoms with Crippen molar-refractivity contribution in [3.8, 4) is 22.8 Å². The number of carboxylic acid groups (broad SMARTS) is 1. The fraction of sp³-hybridized carbons (Fsp3) is 0.357. The van der Waals surface area contributed by atoms with Crippen LogP contribution in [0.5, 0.6) is 11.6 Å². The first-order chi connectivity index (χ1) is 17.3. The van der Waals surface area contributed by atoms with Gasteiger partial charge in [0, 0.05) is 31.3 Å². The SMILES string of the molecule is CCO[C@@H](CC(=O)[O-])c1ccc(OCc2cccc(-c3c(C)cc(OC[C@H](O)CF)cc3C)c2)nc1.[Na+]. The van der Waals surface area contributed by atoms with Crippen molar-refractivity contribution in [2.45, 2.75) is 46.0 Å². The van der Waals surface area contributed by atoms with Crippen LogP contribution in [0.1, 0.15) is 41.7 Å². The molecule has 2 aromatic carbocycles. The molecular weight excluding hydrogens is 488 g/mol. The number of rotatable bonds is 13. The van der Waals surface area contributed by atoms with Crippen molar-refractivity contribution in [2.75, 3.05) is 19.9 Å². The van der Waals surface area contributed by atoms with E-state index in [4.69, 9.17) is 14.2 Å². The first kappa shape index (κ1) is 30.7. The Morgan fingerprint density at radius 2 is 1.84 bits per heavy atom. The molecule has 0 radical (unpaired) electrons. The number of alkyl halides is 1. The number of aliphatic carboxylic acids is 1. The summed E-state index contributed by atoms with van der Waals surface area (Å²) in [5, 5.41) is 20.4. The van der Waals surface area contributed by atoms with Crippen molar-refractivity contribution in [3.05, 3.63) is 77.0 Å². The number of carbonyl (C=O) groups is 1. The minimum absolute atomic E-state index is 0. The maximum atomic E-state index is 12.5. The zero-order chi connectivity index (χ0) is 26.1. The first-order valence-corrected chi connectivity index (χ1v) is 11.8. The molecule has 0 fully saturated rings. The van der Waals surface area contributed by atoms with Crippen molar-refractivity contribution < 1.29 is 63.2 Å². The van der Waals surface area contributed by atoms with E-state index < -0.39 is 24.9 Å². The molecule has 9 heteroatoms. The zero-order valence-corrected chi connectivity index (χ0v) is 23.7. The number of aliphatic hydroxyl groups excluding tert-OH is 1. The fourth-order valence-corrected chi connectivity index (χ4v) is 3.97. The number of aliphatic hydroxyl groups is 1. The number of carbonyl (C=O) groups excluding carboxylic acids is 1.